The molecule has 0 aromatic rings. The molecule has 0 aliphatic heterocycles. The van der Waals surface area contributed by atoms with Crippen LogP contribution in [0.3, 0.4) is 0 Å². The minimum atomic E-state index is 0.313. The molecule has 19 heavy (non-hydrogen) atoms. The predicted octanol–water partition coefficient (Wildman–Crippen LogP) is 5.98. The van der Waals surface area contributed by atoms with Crippen molar-refractivity contribution in [2.24, 2.45) is 5.73 Å². The summed E-state index contributed by atoms with van der Waals surface area (Å²) in [7, 11) is 0. The van der Waals surface area contributed by atoms with Crippen molar-refractivity contribution in [3.8, 4) is 0 Å². The van der Waals surface area contributed by atoms with E-state index >= 15 is 0 Å². The SMILES string of the molecule is CCCCCCCCCCCCC/C=C/C[C@H](C)N. The summed E-state index contributed by atoms with van der Waals surface area (Å²) in [4.78, 5) is 0. The van der Waals surface area contributed by atoms with Gasteiger partial charge in [-0.25, -0.2) is 0 Å². The fraction of sp³-hybridized carbons (Fsp3) is 0.889. The van der Waals surface area contributed by atoms with E-state index in [9.17, 15) is 0 Å². The average molecular weight is 268 g/mol. The molecule has 0 saturated heterocycles. The van der Waals surface area contributed by atoms with Crippen molar-refractivity contribution in [3.63, 3.8) is 0 Å². The topological polar surface area (TPSA) is 26.0 Å². The molecule has 0 aliphatic carbocycles. The van der Waals surface area contributed by atoms with Gasteiger partial charge in [0.05, 0.1) is 0 Å². The average Bonchev–Trinajstić information content (AvgIpc) is 2.39. The molecule has 1 heteroatoms. The van der Waals surface area contributed by atoms with E-state index in [2.05, 4.69) is 26.0 Å². The Morgan fingerprint density at radius 3 is 1.68 bits per heavy atom. The van der Waals surface area contributed by atoms with Gasteiger partial charge in [-0.05, 0) is 26.2 Å². The minimum Gasteiger partial charge on any atom is -0.328 e. The molecule has 114 valence electrons. The zero-order chi connectivity index (χ0) is 14.2. The molecule has 2 N–H and O–H groups in total. The summed E-state index contributed by atoms with van der Waals surface area (Å²) in [5, 5.41) is 0. The van der Waals surface area contributed by atoms with Gasteiger partial charge >= 0.3 is 0 Å². The lowest BCUT2D eigenvalue weighted by atomic mass is 10.1. The Morgan fingerprint density at radius 2 is 1.21 bits per heavy atom. The van der Waals surface area contributed by atoms with Crippen LogP contribution in [0.1, 0.15) is 97.3 Å². The van der Waals surface area contributed by atoms with Gasteiger partial charge in [0.1, 0.15) is 0 Å². The molecule has 0 saturated carbocycles. The Morgan fingerprint density at radius 1 is 0.737 bits per heavy atom. The molecule has 0 heterocycles. The second-order valence-electron chi connectivity index (χ2n) is 6.01. The quantitative estimate of drug-likeness (QED) is 0.304. The molecule has 0 amide bonds. The first-order valence-corrected chi connectivity index (χ1v) is 8.68. The lowest BCUT2D eigenvalue weighted by Gasteiger charge is -2.02. The Kier molecular flexibility index (Phi) is 15.5. The summed E-state index contributed by atoms with van der Waals surface area (Å²) < 4.78 is 0. The van der Waals surface area contributed by atoms with Gasteiger partial charge in [-0.3, -0.25) is 0 Å². The van der Waals surface area contributed by atoms with Crippen molar-refractivity contribution < 1.29 is 0 Å². The molecule has 0 rings (SSSR count). The van der Waals surface area contributed by atoms with E-state index in [1.165, 1.54) is 77.0 Å². The van der Waals surface area contributed by atoms with Crippen LogP contribution in [0.5, 0.6) is 0 Å². The number of hydrogen-bond acceptors (Lipinski definition) is 1. The smallest absolute Gasteiger partial charge is 0.00449 e. The molecule has 0 unspecified atom stereocenters. The van der Waals surface area contributed by atoms with Crippen LogP contribution in [0.15, 0.2) is 12.2 Å². The fourth-order valence-corrected chi connectivity index (χ4v) is 2.36. The molecule has 0 radical (unpaired) electrons. The fourth-order valence-electron chi connectivity index (χ4n) is 2.36. The van der Waals surface area contributed by atoms with Crippen molar-refractivity contribution >= 4 is 0 Å². The summed E-state index contributed by atoms with van der Waals surface area (Å²) in [6.07, 6.45) is 22.5. The van der Waals surface area contributed by atoms with E-state index in [1.54, 1.807) is 0 Å². The monoisotopic (exact) mass is 267 g/mol. The van der Waals surface area contributed by atoms with Gasteiger partial charge in [-0.1, -0.05) is 83.3 Å². The van der Waals surface area contributed by atoms with Crippen LogP contribution in [-0.2, 0) is 0 Å². The van der Waals surface area contributed by atoms with Gasteiger partial charge in [0.25, 0.3) is 0 Å². The first kappa shape index (κ1) is 18.7. The molecule has 0 aliphatic rings. The summed E-state index contributed by atoms with van der Waals surface area (Å²) in [5.74, 6) is 0. The highest BCUT2D eigenvalue weighted by molar-refractivity contribution is 4.83. The second-order valence-corrected chi connectivity index (χ2v) is 6.01. The van der Waals surface area contributed by atoms with Gasteiger partial charge in [0.15, 0.2) is 0 Å². The molecule has 0 fully saturated rings. The molecule has 0 bridgehead atoms. The molecule has 1 atom stereocenters. The van der Waals surface area contributed by atoms with Crippen LogP contribution in [0, 0.1) is 0 Å². The van der Waals surface area contributed by atoms with E-state index in [4.69, 9.17) is 5.73 Å². The number of nitrogens with two attached hydrogens (primary N) is 1. The highest BCUT2D eigenvalue weighted by Crippen LogP contribution is 2.12. The first-order valence-electron chi connectivity index (χ1n) is 8.68. The summed E-state index contributed by atoms with van der Waals surface area (Å²) in [6.45, 7) is 4.35. The highest BCUT2D eigenvalue weighted by atomic mass is 14.6. The maximum atomic E-state index is 5.69. The Labute approximate surface area is 122 Å². The Bertz CT molecular complexity index is 184. The zero-order valence-corrected chi connectivity index (χ0v) is 13.5. The maximum Gasteiger partial charge on any atom is 0.00449 e. The first-order chi connectivity index (χ1) is 9.27. The van der Waals surface area contributed by atoms with Crippen LogP contribution < -0.4 is 5.73 Å². The maximum absolute atomic E-state index is 5.69. The second kappa shape index (κ2) is 15.8. The lowest BCUT2D eigenvalue weighted by Crippen LogP contribution is -2.12. The van der Waals surface area contributed by atoms with Gasteiger partial charge < -0.3 is 5.73 Å². The van der Waals surface area contributed by atoms with E-state index in [-0.39, 0.29) is 0 Å². The molecular formula is C18H37N. The van der Waals surface area contributed by atoms with Gasteiger partial charge in [-0.15, -0.1) is 0 Å². The lowest BCUT2D eigenvalue weighted by molar-refractivity contribution is 0.550. The molecule has 0 aromatic heterocycles. The standard InChI is InChI=1S/C18H37N/c1-3-4-5-6-7-8-9-10-11-12-13-14-15-16-17-18(2)19/h15-16,18H,3-14,17,19H2,1-2H3/b16-15+/t18-/m0/s1. The van der Waals surface area contributed by atoms with E-state index in [1.807, 2.05) is 0 Å². The molecule has 0 aromatic carbocycles. The van der Waals surface area contributed by atoms with Crippen LogP contribution in [-0.4, -0.2) is 6.04 Å². The van der Waals surface area contributed by atoms with Crippen LogP contribution >= 0.6 is 0 Å². The Hall–Kier alpha value is -0.300. The summed E-state index contributed by atoms with van der Waals surface area (Å²) in [5.41, 5.74) is 5.69. The zero-order valence-electron chi connectivity index (χ0n) is 13.5. The van der Waals surface area contributed by atoms with Crippen molar-refractivity contribution in [2.45, 2.75) is 103 Å². The molecule has 1 nitrogen and oxygen atoms in total. The third-order valence-corrected chi connectivity index (χ3v) is 3.65. The van der Waals surface area contributed by atoms with Crippen LogP contribution in [0.2, 0.25) is 0 Å². The summed E-state index contributed by atoms with van der Waals surface area (Å²) >= 11 is 0. The van der Waals surface area contributed by atoms with Gasteiger partial charge in [0.2, 0.25) is 0 Å². The van der Waals surface area contributed by atoms with Crippen molar-refractivity contribution in [1.29, 1.82) is 0 Å². The van der Waals surface area contributed by atoms with Crippen molar-refractivity contribution in [3.05, 3.63) is 12.2 Å². The predicted molar refractivity (Wildman–Crippen MR) is 88.5 cm³/mol. The Balaban J connectivity index is 3.01. The number of allylic oxidation sites excluding steroid dienone is 1. The third kappa shape index (κ3) is 17.7. The van der Waals surface area contributed by atoms with Crippen molar-refractivity contribution in [2.75, 3.05) is 0 Å². The molecular weight excluding hydrogens is 230 g/mol. The summed E-state index contributed by atoms with van der Waals surface area (Å²) in [6, 6.07) is 0.313. The molecule has 0 spiro atoms. The number of hydrogen-bond donors (Lipinski definition) is 1. The van der Waals surface area contributed by atoms with E-state index in [0.717, 1.165) is 6.42 Å². The van der Waals surface area contributed by atoms with Gasteiger partial charge in [0, 0.05) is 6.04 Å². The van der Waals surface area contributed by atoms with E-state index < -0.39 is 0 Å². The van der Waals surface area contributed by atoms with Crippen molar-refractivity contribution in [1.82, 2.24) is 0 Å². The van der Waals surface area contributed by atoms with E-state index in [0.29, 0.717) is 6.04 Å². The largest absolute Gasteiger partial charge is 0.328 e. The van der Waals surface area contributed by atoms with Crippen LogP contribution in [0.4, 0.5) is 0 Å². The number of unbranched alkanes of at least 4 members (excludes halogenated alkanes) is 11. The normalized spacial score (nSPS) is 13.2. The highest BCUT2D eigenvalue weighted by Gasteiger charge is 1.92. The number of rotatable bonds is 14. The minimum absolute atomic E-state index is 0.313. The van der Waals surface area contributed by atoms with Crippen LogP contribution in [0.25, 0.3) is 0 Å². The third-order valence-electron chi connectivity index (χ3n) is 3.65. The van der Waals surface area contributed by atoms with Gasteiger partial charge in [-0.2, -0.15) is 0 Å².